The van der Waals surface area contributed by atoms with Crippen molar-refractivity contribution in [3.05, 3.63) is 70.3 Å². The van der Waals surface area contributed by atoms with Crippen molar-refractivity contribution < 1.29 is 28.0 Å². The van der Waals surface area contributed by atoms with Crippen LogP contribution in [-0.4, -0.2) is 29.2 Å². The third-order valence-corrected chi connectivity index (χ3v) is 3.95. The van der Waals surface area contributed by atoms with Crippen LogP contribution in [0.15, 0.2) is 59.5 Å². The largest absolute Gasteiger partial charge is 0.452 e. The Bertz CT molecular complexity index is 871. The summed E-state index contributed by atoms with van der Waals surface area (Å²) in [5, 5.41) is 13.0. The van der Waals surface area contributed by atoms with Gasteiger partial charge in [-0.1, -0.05) is 11.8 Å². The number of ether oxygens (including phenoxy) is 1. The van der Waals surface area contributed by atoms with Gasteiger partial charge in [0.1, 0.15) is 0 Å². The number of benzene rings is 2. The molecule has 0 radical (unpaired) electrons. The van der Waals surface area contributed by atoms with E-state index in [4.69, 9.17) is 4.74 Å². The number of hydrogen-bond acceptors (Lipinski definition) is 6. The third-order valence-electron chi connectivity index (χ3n) is 3.22. The highest BCUT2D eigenvalue weighted by atomic mass is 32.2. The van der Waals surface area contributed by atoms with Crippen molar-refractivity contribution in [1.82, 2.24) is 0 Å². The molecule has 0 saturated heterocycles. The molecule has 0 heterocycles. The van der Waals surface area contributed by atoms with Gasteiger partial charge in [0.25, 0.3) is 17.4 Å². The first kappa shape index (κ1) is 21.0. The molecule has 10 heteroatoms. The number of carbonyl (C=O) groups excluding carboxylic acids is 2. The molecular weight excluding hydrogens is 394 g/mol. The van der Waals surface area contributed by atoms with Gasteiger partial charge in [-0.15, -0.1) is 0 Å². The van der Waals surface area contributed by atoms with Crippen LogP contribution in [0.3, 0.4) is 0 Å². The van der Waals surface area contributed by atoms with E-state index in [1.54, 1.807) is 0 Å². The maximum Gasteiger partial charge on any atom is 0.331 e. The number of nitro benzene ring substituents is 1. The van der Waals surface area contributed by atoms with Gasteiger partial charge in [-0.25, -0.2) is 4.79 Å². The van der Waals surface area contributed by atoms with Crippen LogP contribution in [0.5, 0.6) is 0 Å². The van der Waals surface area contributed by atoms with Gasteiger partial charge in [0.2, 0.25) is 0 Å². The minimum absolute atomic E-state index is 0.0720. The summed E-state index contributed by atoms with van der Waals surface area (Å²) in [5.74, 6) is -3.89. The monoisotopic (exact) mass is 408 g/mol. The van der Waals surface area contributed by atoms with Gasteiger partial charge < -0.3 is 10.1 Å². The molecule has 0 fully saturated rings. The summed E-state index contributed by atoms with van der Waals surface area (Å²) in [6.45, 7) is -0.531. The first-order valence-corrected chi connectivity index (χ1v) is 8.65. The number of carbonyl (C=O) groups is 2. The number of thioether (sulfide) groups is 1. The number of rotatable bonds is 8. The Morgan fingerprint density at radius 2 is 1.79 bits per heavy atom. The topological polar surface area (TPSA) is 98.5 Å². The molecule has 0 saturated carbocycles. The lowest BCUT2D eigenvalue weighted by molar-refractivity contribution is -0.384. The number of amides is 1. The van der Waals surface area contributed by atoms with Crippen molar-refractivity contribution in [2.45, 2.75) is 10.7 Å². The minimum atomic E-state index is -2.53. The van der Waals surface area contributed by atoms with Crippen molar-refractivity contribution in [1.29, 1.82) is 0 Å². The number of halogens is 2. The first-order valence-electron chi connectivity index (χ1n) is 7.77. The molecule has 28 heavy (non-hydrogen) atoms. The van der Waals surface area contributed by atoms with Crippen LogP contribution in [0.1, 0.15) is 5.56 Å². The van der Waals surface area contributed by atoms with Gasteiger partial charge in [0, 0.05) is 28.8 Å². The Labute approximate surface area is 162 Å². The first-order chi connectivity index (χ1) is 13.3. The van der Waals surface area contributed by atoms with E-state index in [2.05, 4.69) is 5.32 Å². The van der Waals surface area contributed by atoms with Crippen molar-refractivity contribution in [3.63, 3.8) is 0 Å². The van der Waals surface area contributed by atoms with Crippen molar-refractivity contribution in [2.24, 2.45) is 0 Å². The number of hydrogen-bond donors (Lipinski definition) is 1. The Balaban J connectivity index is 1.78. The van der Waals surface area contributed by atoms with E-state index in [1.165, 1.54) is 54.6 Å². The second kappa shape index (κ2) is 10.2. The van der Waals surface area contributed by atoms with Crippen molar-refractivity contribution in [3.8, 4) is 0 Å². The predicted molar refractivity (Wildman–Crippen MR) is 100 cm³/mol. The SMILES string of the molecule is O=C(COC(=O)/C=C/c1ccc([N+](=O)[O-])cc1)Nc1ccc(SC(F)F)cc1. The number of alkyl halides is 2. The highest BCUT2D eigenvalue weighted by Gasteiger charge is 2.08. The summed E-state index contributed by atoms with van der Waals surface area (Å²) in [6, 6.07) is 11.3. The van der Waals surface area contributed by atoms with E-state index < -0.39 is 29.2 Å². The van der Waals surface area contributed by atoms with Crippen molar-refractivity contribution in [2.75, 3.05) is 11.9 Å². The fraction of sp³-hybridized carbons (Fsp3) is 0.111. The lowest BCUT2D eigenvalue weighted by atomic mass is 10.2. The Hall–Kier alpha value is -3.27. The normalized spacial score (nSPS) is 10.8. The molecule has 0 aromatic heterocycles. The van der Waals surface area contributed by atoms with Gasteiger partial charge in [-0.2, -0.15) is 8.78 Å². The Morgan fingerprint density at radius 1 is 1.14 bits per heavy atom. The number of nitrogens with one attached hydrogen (secondary N) is 1. The van der Waals surface area contributed by atoms with Crippen LogP contribution < -0.4 is 5.32 Å². The number of nitrogens with zero attached hydrogens (tertiary/aromatic N) is 1. The number of non-ortho nitro benzene ring substituents is 1. The zero-order valence-corrected chi connectivity index (χ0v) is 15.0. The number of anilines is 1. The molecule has 1 amide bonds. The van der Waals surface area contributed by atoms with E-state index in [1.807, 2.05) is 0 Å². The van der Waals surface area contributed by atoms with E-state index in [-0.39, 0.29) is 5.69 Å². The lowest BCUT2D eigenvalue weighted by Crippen LogP contribution is -2.20. The van der Waals surface area contributed by atoms with Gasteiger partial charge in [-0.3, -0.25) is 14.9 Å². The average molecular weight is 408 g/mol. The molecular formula is C18H14F2N2O5S. The highest BCUT2D eigenvalue weighted by Crippen LogP contribution is 2.26. The zero-order chi connectivity index (χ0) is 20.5. The zero-order valence-electron chi connectivity index (χ0n) is 14.2. The quantitative estimate of drug-likeness (QED) is 0.232. The maximum atomic E-state index is 12.2. The molecule has 0 aliphatic rings. The molecule has 2 aromatic carbocycles. The molecule has 0 aliphatic carbocycles. The summed E-state index contributed by atoms with van der Waals surface area (Å²) in [6.07, 6.45) is 2.48. The molecule has 0 atom stereocenters. The van der Waals surface area contributed by atoms with Crippen LogP contribution in [0.2, 0.25) is 0 Å². The van der Waals surface area contributed by atoms with E-state index >= 15 is 0 Å². The lowest BCUT2D eigenvalue weighted by Gasteiger charge is -2.06. The van der Waals surface area contributed by atoms with Gasteiger partial charge in [-0.05, 0) is 48.0 Å². The van der Waals surface area contributed by atoms with Gasteiger partial charge >= 0.3 is 5.97 Å². The molecule has 0 aliphatic heterocycles. The van der Waals surface area contributed by atoms with Crippen LogP contribution >= 0.6 is 11.8 Å². The fourth-order valence-corrected chi connectivity index (χ4v) is 2.47. The second-order valence-corrected chi connectivity index (χ2v) is 6.30. The highest BCUT2D eigenvalue weighted by molar-refractivity contribution is 7.99. The third kappa shape index (κ3) is 7.16. The fourth-order valence-electron chi connectivity index (χ4n) is 1.97. The summed E-state index contributed by atoms with van der Waals surface area (Å²) in [5.41, 5.74) is 0.854. The minimum Gasteiger partial charge on any atom is -0.452 e. The average Bonchev–Trinajstić information content (AvgIpc) is 2.66. The standard InChI is InChI=1S/C18H14F2N2O5S/c19-18(20)28-15-8-4-13(5-9-15)21-16(23)11-27-17(24)10-3-12-1-6-14(7-2-12)22(25)26/h1-10,18H,11H2,(H,21,23)/b10-3+. The molecule has 7 nitrogen and oxygen atoms in total. The summed E-state index contributed by atoms with van der Waals surface area (Å²) in [7, 11) is 0. The molecule has 2 aromatic rings. The van der Waals surface area contributed by atoms with Gasteiger partial charge in [0.15, 0.2) is 6.61 Å². The molecule has 2 rings (SSSR count). The summed E-state index contributed by atoms with van der Waals surface area (Å²) < 4.78 is 29.3. The van der Waals surface area contributed by atoms with Crippen LogP contribution in [0.25, 0.3) is 6.08 Å². The van der Waals surface area contributed by atoms with Gasteiger partial charge in [0.05, 0.1) is 4.92 Å². The summed E-state index contributed by atoms with van der Waals surface area (Å²) in [4.78, 5) is 33.8. The Kier molecular flexibility index (Phi) is 7.64. The molecule has 146 valence electrons. The summed E-state index contributed by atoms with van der Waals surface area (Å²) >= 11 is 0.390. The van der Waals surface area contributed by atoms with Crippen molar-refractivity contribution >= 4 is 41.1 Å². The maximum absolute atomic E-state index is 12.2. The number of esters is 1. The number of nitro groups is 1. The Morgan fingerprint density at radius 3 is 2.36 bits per heavy atom. The van der Waals surface area contributed by atoms with Crippen LogP contribution in [0, 0.1) is 10.1 Å². The molecule has 0 spiro atoms. The molecule has 0 unspecified atom stereocenters. The predicted octanol–water partition coefficient (Wildman–Crippen LogP) is 4.10. The molecule has 1 N–H and O–H groups in total. The van der Waals surface area contributed by atoms with Crippen LogP contribution in [-0.2, 0) is 14.3 Å². The smallest absolute Gasteiger partial charge is 0.331 e. The van der Waals surface area contributed by atoms with E-state index in [9.17, 15) is 28.5 Å². The van der Waals surface area contributed by atoms with E-state index in [0.717, 1.165) is 6.08 Å². The van der Waals surface area contributed by atoms with E-state index in [0.29, 0.717) is 27.9 Å². The second-order valence-electron chi connectivity index (χ2n) is 5.24. The molecule has 0 bridgehead atoms. The van der Waals surface area contributed by atoms with Crippen LogP contribution in [0.4, 0.5) is 20.2 Å².